The van der Waals surface area contributed by atoms with E-state index in [9.17, 15) is 9.59 Å². The van der Waals surface area contributed by atoms with Crippen molar-refractivity contribution < 1.29 is 19.1 Å². The molecule has 0 aliphatic carbocycles. The Labute approximate surface area is 165 Å². The van der Waals surface area contributed by atoms with Gasteiger partial charge in [-0.3, -0.25) is 9.59 Å². The molecule has 6 heteroatoms. The van der Waals surface area contributed by atoms with Crippen molar-refractivity contribution in [3.63, 3.8) is 0 Å². The lowest BCUT2D eigenvalue weighted by Gasteiger charge is -2.18. The van der Waals surface area contributed by atoms with E-state index >= 15 is 0 Å². The average Bonchev–Trinajstić information content (AvgIpc) is 3.08. The number of carbonyl (C=O) groups excluding carboxylic acids is 2. The van der Waals surface area contributed by atoms with Crippen molar-refractivity contribution in [2.75, 3.05) is 18.6 Å². The van der Waals surface area contributed by atoms with Crippen LogP contribution in [0.5, 0.6) is 11.5 Å². The zero-order chi connectivity index (χ0) is 20.1. The minimum atomic E-state index is -0.350. The molecule has 1 N–H and O–H groups in total. The first-order valence-corrected chi connectivity index (χ1v) is 9.44. The van der Waals surface area contributed by atoms with Crippen molar-refractivity contribution in [2.45, 2.75) is 32.9 Å². The number of hydrogen-bond acceptors (Lipinski definition) is 4. The fourth-order valence-electron chi connectivity index (χ4n) is 3.19. The highest BCUT2D eigenvalue weighted by atomic mass is 16.5. The molecule has 2 amide bonds. The van der Waals surface area contributed by atoms with Gasteiger partial charge in [-0.15, -0.1) is 0 Å². The molecule has 28 heavy (non-hydrogen) atoms. The van der Waals surface area contributed by atoms with Crippen LogP contribution in [-0.4, -0.2) is 31.6 Å². The number of rotatable bonds is 7. The third-order valence-corrected chi connectivity index (χ3v) is 4.64. The quantitative estimate of drug-likeness (QED) is 0.799. The van der Waals surface area contributed by atoms with Crippen LogP contribution in [0.2, 0.25) is 0 Å². The van der Waals surface area contributed by atoms with E-state index < -0.39 is 0 Å². The first kappa shape index (κ1) is 19.7. The normalized spacial score (nSPS) is 16.4. The summed E-state index contributed by atoms with van der Waals surface area (Å²) in [5, 5.41) is 2.92. The Hall–Kier alpha value is -3.02. The second-order valence-corrected chi connectivity index (χ2v) is 7.13. The van der Waals surface area contributed by atoms with Gasteiger partial charge >= 0.3 is 0 Å². The molecule has 0 spiro atoms. The van der Waals surface area contributed by atoms with E-state index in [1.54, 1.807) is 12.0 Å². The fraction of sp³-hybridized carbons (Fsp3) is 0.364. The van der Waals surface area contributed by atoms with Crippen LogP contribution in [0.15, 0.2) is 48.5 Å². The molecular formula is C22H26N2O4. The summed E-state index contributed by atoms with van der Waals surface area (Å²) in [7, 11) is 1.62. The smallest absolute Gasteiger partial charge is 0.227 e. The minimum absolute atomic E-state index is 0.0397. The lowest BCUT2D eigenvalue weighted by molar-refractivity contribution is -0.126. The maximum Gasteiger partial charge on any atom is 0.227 e. The van der Waals surface area contributed by atoms with Crippen molar-refractivity contribution in [1.29, 1.82) is 0 Å². The van der Waals surface area contributed by atoms with Crippen molar-refractivity contribution >= 4 is 17.5 Å². The highest BCUT2D eigenvalue weighted by molar-refractivity contribution is 6.00. The van der Waals surface area contributed by atoms with Gasteiger partial charge in [0.1, 0.15) is 11.5 Å². The lowest BCUT2D eigenvalue weighted by atomic mass is 10.1. The van der Waals surface area contributed by atoms with Gasteiger partial charge in [0.2, 0.25) is 11.8 Å². The largest absolute Gasteiger partial charge is 0.497 e. The molecule has 0 saturated carbocycles. The maximum atomic E-state index is 12.5. The molecule has 0 bridgehead atoms. The molecule has 0 unspecified atom stereocenters. The van der Waals surface area contributed by atoms with Crippen molar-refractivity contribution in [3.8, 4) is 11.5 Å². The van der Waals surface area contributed by atoms with Gasteiger partial charge < -0.3 is 19.7 Å². The lowest BCUT2D eigenvalue weighted by Crippen LogP contribution is -2.32. The van der Waals surface area contributed by atoms with Gasteiger partial charge in [-0.1, -0.05) is 12.1 Å². The molecule has 0 radical (unpaired) electrons. The standard InChI is InChI=1S/C22H26N2O4/c1-15(2)28-20-10-6-18(7-11-20)24-14-17(12-21(24)25)22(26)23-13-16-4-8-19(27-3)9-5-16/h4-11,15,17H,12-14H2,1-3H3,(H,23,26)/t17-/m1/s1. The zero-order valence-electron chi connectivity index (χ0n) is 16.5. The molecule has 1 aliphatic heterocycles. The Balaban J connectivity index is 1.56. The van der Waals surface area contributed by atoms with E-state index in [1.807, 2.05) is 62.4 Å². The van der Waals surface area contributed by atoms with Crippen molar-refractivity contribution in [3.05, 3.63) is 54.1 Å². The molecule has 1 atom stereocenters. The van der Waals surface area contributed by atoms with E-state index in [0.29, 0.717) is 13.1 Å². The molecule has 2 aromatic carbocycles. The van der Waals surface area contributed by atoms with E-state index in [1.165, 1.54) is 0 Å². The van der Waals surface area contributed by atoms with Gasteiger partial charge in [-0.25, -0.2) is 0 Å². The maximum absolute atomic E-state index is 12.5. The van der Waals surface area contributed by atoms with Crippen LogP contribution in [0.25, 0.3) is 0 Å². The Morgan fingerprint density at radius 1 is 1.11 bits per heavy atom. The van der Waals surface area contributed by atoms with E-state index in [2.05, 4.69) is 5.32 Å². The summed E-state index contributed by atoms with van der Waals surface area (Å²) in [4.78, 5) is 26.6. The van der Waals surface area contributed by atoms with Crippen LogP contribution in [0.1, 0.15) is 25.8 Å². The Morgan fingerprint density at radius 3 is 2.36 bits per heavy atom. The van der Waals surface area contributed by atoms with E-state index in [-0.39, 0.29) is 30.3 Å². The number of nitrogens with one attached hydrogen (secondary N) is 1. The van der Waals surface area contributed by atoms with Crippen LogP contribution >= 0.6 is 0 Å². The predicted octanol–water partition coefficient (Wildman–Crippen LogP) is 3.15. The topological polar surface area (TPSA) is 67.9 Å². The van der Waals surface area contributed by atoms with Crippen molar-refractivity contribution in [1.82, 2.24) is 5.32 Å². The first-order valence-electron chi connectivity index (χ1n) is 9.44. The molecule has 1 fully saturated rings. The summed E-state index contributed by atoms with van der Waals surface area (Å²) in [5.74, 6) is 1.04. The number of ether oxygens (including phenoxy) is 2. The predicted molar refractivity (Wildman–Crippen MR) is 108 cm³/mol. The number of methoxy groups -OCH3 is 1. The molecule has 1 heterocycles. The molecule has 148 valence electrons. The van der Waals surface area contributed by atoms with E-state index in [0.717, 1.165) is 22.7 Å². The van der Waals surface area contributed by atoms with Crippen LogP contribution in [0.3, 0.4) is 0 Å². The SMILES string of the molecule is COc1ccc(CNC(=O)[C@@H]2CC(=O)N(c3ccc(OC(C)C)cc3)C2)cc1. The van der Waals surface area contributed by atoms with Crippen LogP contribution in [-0.2, 0) is 16.1 Å². The summed E-state index contributed by atoms with van der Waals surface area (Å²) in [6.45, 7) is 4.74. The summed E-state index contributed by atoms with van der Waals surface area (Å²) in [5.41, 5.74) is 1.77. The zero-order valence-corrected chi connectivity index (χ0v) is 16.5. The fourth-order valence-corrected chi connectivity index (χ4v) is 3.19. The molecule has 6 nitrogen and oxygen atoms in total. The highest BCUT2D eigenvalue weighted by Gasteiger charge is 2.35. The average molecular weight is 382 g/mol. The number of hydrogen-bond donors (Lipinski definition) is 1. The van der Waals surface area contributed by atoms with Crippen LogP contribution < -0.4 is 19.7 Å². The summed E-state index contributed by atoms with van der Waals surface area (Å²) in [6, 6.07) is 14.9. The van der Waals surface area contributed by atoms with Gasteiger partial charge in [0.25, 0.3) is 0 Å². The highest BCUT2D eigenvalue weighted by Crippen LogP contribution is 2.27. The van der Waals surface area contributed by atoms with Crippen molar-refractivity contribution in [2.24, 2.45) is 5.92 Å². The summed E-state index contributed by atoms with van der Waals surface area (Å²) in [6.07, 6.45) is 0.316. The molecule has 0 aromatic heterocycles. The Kier molecular flexibility index (Phi) is 6.19. The number of carbonyl (C=O) groups is 2. The van der Waals surface area contributed by atoms with Gasteiger partial charge in [0.05, 0.1) is 19.1 Å². The number of amides is 2. The number of nitrogens with zero attached hydrogens (tertiary/aromatic N) is 1. The van der Waals surface area contributed by atoms with Gasteiger partial charge in [-0.2, -0.15) is 0 Å². The molecule has 2 aromatic rings. The van der Waals surface area contributed by atoms with Gasteiger partial charge in [0, 0.05) is 25.2 Å². The third kappa shape index (κ3) is 4.82. The molecule has 3 rings (SSSR count). The second-order valence-electron chi connectivity index (χ2n) is 7.13. The Bertz CT molecular complexity index is 815. The minimum Gasteiger partial charge on any atom is -0.497 e. The van der Waals surface area contributed by atoms with Gasteiger partial charge in [-0.05, 0) is 55.8 Å². The third-order valence-electron chi connectivity index (χ3n) is 4.64. The number of anilines is 1. The monoisotopic (exact) mass is 382 g/mol. The molecular weight excluding hydrogens is 356 g/mol. The molecule has 1 aliphatic rings. The van der Waals surface area contributed by atoms with E-state index in [4.69, 9.17) is 9.47 Å². The second kappa shape index (κ2) is 8.78. The first-order chi connectivity index (χ1) is 13.5. The Morgan fingerprint density at radius 2 is 1.75 bits per heavy atom. The summed E-state index contributed by atoms with van der Waals surface area (Å²) >= 11 is 0. The van der Waals surface area contributed by atoms with Crippen LogP contribution in [0, 0.1) is 5.92 Å². The number of benzene rings is 2. The summed E-state index contributed by atoms with van der Waals surface area (Å²) < 4.78 is 10.8. The molecule has 1 saturated heterocycles. The van der Waals surface area contributed by atoms with Gasteiger partial charge in [0.15, 0.2) is 0 Å². The van der Waals surface area contributed by atoms with Crippen LogP contribution in [0.4, 0.5) is 5.69 Å².